The molecule has 1 fully saturated rings. The maximum Gasteiger partial charge on any atom is 0.305 e. The Morgan fingerprint density at radius 3 is 2.38 bits per heavy atom. The molecule has 3 unspecified atom stereocenters. The van der Waals surface area contributed by atoms with Crippen molar-refractivity contribution in [3.05, 3.63) is 29.8 Å². The summed E-state index contributed by atoms with van der Waals surface area (Å²) in [4.78, 5) is 35.3. The molecule has 0 aliphatic heterocycles. The van der Waals surface area contributed by atoms with E-state index in [-0.39, 0.29) is 24.1 Å². The molecule has 1 saturated carbocycles. The number of carboxylic acids is 1. The number of amidine groups is 1. The lowest BCUT2D eigenvalue weighted by Gasteiger charge is -2.16. The van der Waals surface area contributed by atoms with Crippen LogP contribution in [0, 0.1) is 17.2 Å². The fourth-order valence-corrected chi connectivity index (χ4v) is 2.84. The zero-order valence-corrected chi connectivity index (χ0v) is 14.6. The second-order valence-corrected chi connectivity index (χ2v) is 6.52. The Kier molecular flexibility index (Phi) is 6.32. The summed E-state index contributed by atoms with van der Waals surface area (Å²) in [5, 5.41) is 21.7. The molecule has 140 valence electrons. The van der Waals surface area contributed by atoms with Gasteiger partial charge in [-0.2, -0.15) is 0 Å². The first kappa shape index (κ1) is 19.4. The minimum Gasteiger partial charge on any atom is -0.481 e. The van der Waals surface area contributed by atoms with Gasteiger partial charge in [-0.25, -0.2) is 0 Å². The summed E-state index contributed by atoms with van der Waals surface area (Å²) in [6, 6.07) is 6.16. The van der Waals surface area contributed by atoms with Crippen LogP contribution in [0.5, 0.6) is 0 Å². The summed E-state index contributed by atoms with van der Waals surface area (Å²) < 4.78 is 0. The molecule has 1 aliphatic carbocycles. The number of nitrogen functional groups attached to an aromatic ring is 1. The molecule has 0 radical (unpaired) electrons. The smallest absolute Gasteiger partial charge is 0.305 e. The topological polar surface area (TPSA) is 145 Å². The average Bonchev–Trinajstić information content (AvgIpc) is 3.35. The molecule has 1 aliphatic rings. The van der Waals surface area contributed by atoms with E-state index in [9.17, 15) is 14.4 Å². The Hall–Kier alpha value is -2.90. The van der Waals surface area contributed by atoms with E-state index < -0.39 is 23.8 Å². The number of nitrogens with two attached hydrogens (primary N) is 1. The molecule has 0 spiro atoms. The van der Waals surface area contributed by atoms with Gasteiger partial charge in [-0.15, -0.1) is 0 Å². The molecule has 3 atom stereocenters. The van der Waals surface area contributed by atoms with Crippen LogP contribution in [0.2, 0.25) is 0 Å². The van der Waals surface area contributed by atoms with Crippen LogP contribution >= 0.6 is 0 Å². The van der Waals surface area contributed by atoms with Crippen LogP contribution in [-0.2, 0) is 14.4 Å². The van der Waals surface area contributed by atoms with Gasteiger partial charge in [0.25, 0.3) is 0 Å². The van der Waals surface area contributed by atoms with Crippen LogP contribution in [0.3, 0.4) is 0 Å². The summed E-state index contributed by atoms with van der Waals surface area (Å²) in [6.45, 7) is 1.92. The fourth-order valence-electron chi connectivity index (χ4n) is 2.84. The molecular weight excluding hydrogens is 336 g/mol. The van der Waals surface area contributed by atoms with Gasteiger partial charge in [0, 0.05) is 17.3 Å². The van der Waals surface area contributed by atoms with E-state index in [1.54, 1.807) is 24.3 Å². The van der Waals surface area contributed by atoms with Crippen LogP contribution in [0.4, 0.5) is 5.69 Å². The van der Waals surface area contributed by atoms with Gasteiger partial charge in [0.15, 0.2) is 0 Å². The number of hydrogen-bond donors (Lipinski definition) is 5. The van der Waals surface area contributed by atoms with E-state index in [0.29, 0.717) is 24.1 Å². The van der Waals surface area contributed by atoms with Crippen LogP contribution in [0.15, 0.2) is 24.3 Å². The molecule has 2 rings (SSSR count). The maximum absolute atomic E-state index is 12.2. The largest absolute Gasteiger partial charge is 0.481 e. The molecule has 0 aromatic heterocycles. The third-order valence-electron chi connectivity index (χ3n) is 4.33. The molecular formula is C18H24N4O4. The highest BCUT2D eigenvalue weighted by molar-refractivity contribution is 6.00. The second kappa shape index (κ2) is 8.46. The quantitative estimate of drug-likeness (QED) is 0.333. The van der Waals surface area contributed by atoms with Crippen molar-refractivity contribution in [2.45, 2.75) is 38.6 Å². The van der Waals surface area contributed by atoms with Crippen molar-refractivity contribution in [3.8, 4) is 0 Å². The molecule has 8 nitrogen and oxygen atoms in total. The van der Waals surface area contributed by atoms with E-state index in [0.717, 1.165) is 6.42 Å². The van der Waals surface area contributed by atoms with Gasteiger partial charge in [0.1, 0.15) is 5.84 Å². The third kappa shape index (κ3) is 5.30. The highest BCUT2D eigenvalue weighted by Gasteiger charge is 2.48. The monoisotopic (exact) mass is 360 g/mol. The fraction of sp³-hybridized carbons (Fsp3) is 0.444. The van der Waals surface area contributed by atoms with Crippen molar-refractivity contribution in [2.75, 3.05) is 5.32 Å². The molecule has 8 heteroatoms. The Labute approximate surface area is 151 Å². The zero-order chi connectivity index (χ0) is 19.3. The number of anilines is 1. The highest BCUT2D eigenvalue weighted by Crippen LogP contribution is 2.39. The van der Waals surface area contributed by atoms with Gasteiger partial charge >= 0.3 is 5.97 Å². The summed E-state index contributed by atoms with van der Waals surface area (Å²) in [5.74, 6) is -2.34. The van der Waals surface area contributed by atoms with Gasteiger partial charge in [0.2, 0.25) is 11.8 Å². The minimum atomic E-state index is -0.956. The van der Waals surface area contributed by atoms with E-state index in [4.69, 9.17) is 16.2 Å². The number of carboxylic acid groups (broad SMARTS) is 1. The predicted octanol–water partition coefficient (Wildman–Crippen LogP) is 1.30. The maximum atomic E-state index is 12.2. The number of hydrogen-bond acceptors (Lipinski definition) is 4. The number of benzene rings is 1. The van der Waals surface area contributed by atoms with E-state index >= 15 is 0 Å². The van der Waals surface area contributed by atoms with Gasteiger partial charge in [0.05, 0.1) is 18.3 Å². The van der Waals surface area contributed by atoms with Crippen LogP contribution in [-0.4, -0.2) is 34.8 Å². The normalized spacial score (nSPS) is 19.3. The number of carbonyl (C=O) groups excluding carboxylic acids is 2. The average molecular weight is 360 g/mol. The molecule has 26 heavy (non-hydrogen) atoms. The number of rotatable bonds is 9. The number of amides is 2. The number of aliphatic carboxylic acids is 1. The van der Waals surface area contributed by atoms with Gasteiger partial charge < -0.3 is 21.5 Å². The molecule has 0 heterocycles. The Balaban J connectivity index is 1.86. The van der Waals surface area contributed by atoms with Crippen molar-refractivity contribution in [3.63, 3.8) is 0 Å². The first-order valence-corrected chi connectivity index (χ1v) is 8.59. The molecule has 6 N–H and O–H groups in total. The summed E-state index contributed by atoms with van der Waals surface area (Å²) in [6.07, 6.45) is 1.69. The molecule has 1 aromatic carbocycles. The Bertz CT molecular complexity index is 702. The first-order chi connectivity index (χ1) is 12.3. The van der Waals surface area contributed by atoms with Crippen molar-refractivity contribution in [1.82, 2.24) is 5.32 Å². The van der Waals surface area contributed by atoms with Crippen molar-refractivity contribution in [1.29, 1.82) is 5.41 Å². The molecule has 2 amide bonds. The Morgan fingerprint density at radius 2 is 1.85 bits per heavy atom. The SMILES string of the molecule is CCCC(CC(=O)O)NC(=O)C1CC1C(=O)Nc1ccc(C(=N)N)cc1. The number of carbonyl (C=O) groups is 3. The first-order valence-electron chi connectivity index (χ1n) is 8.59. The Morgan fingerprint density at radius 1 is 1.23 bits per heavy atom. The van der Waals surface area contributed by atoms with E-state index in [1.807, 2.05) is 6.92 Å². The molecule has 0 bridgehead atoms. The van der Waals surface area contributed by atoms with Crippen molar-refractivity contribution in [2.24, 2.45) is 17.6 Å². The standard InChI is InChI=1S/C18H24N4O4/c1-2-3-12(8-15(23)24)22-18(26)14-9-13(14)17(25)21-11-6-4-10(5-7-11)16(19)20/h4-7,12-14H,2-3,8-9H2,1H3,(H3,19,20)(H,21,25)(H,22,26)(H,23,24). The minimum absolute atomic E-state index is 0.0511. The number of nitrogens with one attached hydrogen (secondary N) is 3. The molecule has 1 aromatic rings. The lowest BCUT2D eigenvalue weighted by Crippen LogP contribution is -2.38. The summed E-state index contributed by atoms with van der Waals surface area (Å²) >= 11 is 0. The third-order valence-corrected chi connectivity index (χ3v) is 4.33. The molecule has 0 saturated heterocycles. The summed E-state index contributed by atoms with van der Waals surface area (Å²) in [5.41, 5.74) is 6.51. The zero-order valence-electron chi connectivity index (χ0n) is 14.6. The highest BCUT2D eigenvalue weighted by atomic mass is 16.4. The summed E-state index contributed by atoms with van der Waals surface area (Å²) in [7, 11) is 0. The van der Waals surface area contributed by atoms with Crippen molar-refractivity contribution < 1.29 is 19.5 Å². The van der Waals surface area contributed by atoms with E-state index in [1.165, 1.54) is 0 Å². The lowest BCUT2D eigenvalue weighted by atomic mass is 10.1. The van der Waals surface area contributed by atoms with Crippen LogP contribution in [0.1, 0.15) is 38.2 Å². The predicted molar refractivity (Wildman–Crippen MR) is 96.8 cm³/mol. The van der Waals surface area contributed by atoms with E-state index in [2.05, 4.69) is 10.6 Å². The van der Waals surface area contributed by atoms with Gasteiger partial charge in [-0.05, 0) is 37.1 Å². The van der Waals surface area contributed by atoms with Crippen LogP contribution < -0.4 is 16.4 Å². The van der Waals surface area contributed by atoms with Gasteiger partial charge in [-0.1, -0.05) is 13.3 Å². The van der Waals surface area contributed by atoms with Crippen LogP contribution in [0.25, 0.3) is 0 Å². The lowest BCUT2D eigenvalue weighted by molar-refractivity contribution is -0.138. The van der Waals surface area contributed by atoms with Crippen molar-refractivity contribution >= 4 is 29.3 Å². The van der Waals surface area contributed by atoms with Gasteiger partial charge in [-0.3, -0.25) is 19.8 Å². The second-order valence-electron chi connectivity index (χ2n) is 6.52.